The topological polar surface area (TPSA) is 106 Å². The van der Waals surface area contributed by atoms with Gasteiger partial charge < -0.3 is 25.4 Å². The predicted octanol–water partition coefficient (Wildman–Crippen LogP) is 4.33. The summed E-state index contributed by atoms with van der Waals surface area (Å²) in [5, 5.41) is 7.96. The summed E-state index contributed by atoms with van der Waals surface area (Å²) in [6, 6.07) is 15.5. The van der Waals surface area contributed by atoms with Crippen LogP contribution in [-0.4, -0.2) is 49.9 Å². The van der Waals surface area contributed by atoms with E-state index in [-0.39, 0.29) is 18.4 Å². The molecule has 2 aromatic rings. The average molecular weight is 482 g/mol. The second-order valence-corrected chi connectivity index (χ2v) is 9.56. The smallest absolute Gasteiger partial charge is 0.407 e. The first-order valence-electron chi connectivity index (χ1n) is 12.0. The summed E-state index contributed by atoms with van der Waals surface area (Å²) < 4.78 is 10.8. The van der Waals surface area contributed by atoms with Gasteiger partial charge in [0.15, 0.2) is 0 Å². The van der Waals surface area contributed by atoms with Crippen molar-refractivity contribution in [1.82, 2.24) is 16.0 Å². The number of hydrogen-bond acceptors (Lipinski definition) is 5. The largest absolute Gasteiger partial charge is 0.449 e. The minimum atomic E-state index is -0.725. The molecule has 1 aliphatic carbocycles. The zero-order valence-corrected chi connectivity index (χ0v) is 20.9. The van der Waals surface area contributed by atoms with Gasteiger partial charge in [-0.2, -0.15) is 0 Å². The van der Waals surface area contributed by atoms with Crippen LogP contribution in [0.1, 0.15) is 57.1 Å². The van der Waals surface area contributed by atoms with Gasteiger partial charge in [0.1, 0.15) is 18.2 Å². The summed E-state index contributed by atoms with van der Waals surface area (Å²) in [5.74, 6) is -0.343. The van der Waals surface area contributed by atoms with Crippen molar-refractivity contribution in [2.75, 3.05) is 20.2 Å². The molecule has 3 N–H and O–H groups in total. The molecule has 0 saturated heterocycles. The number of hydrogen-bond donors (Lipinski definition) is 3. The lowest BCUT2D eigenvalue weighted by Gasteiger charge is -2.20. The van der Waals surface area contributed by atoms with Gasteiger partial charge in [-0.3, -0.25) is 4.79 Å². The minimum absolute atomic E-state index is 0.0504. The van der Waals surface area contributed by atoms with Crippen LogP contribution in [0.15, 0.2) is 48.5 Å². The van der Waals surface area contributed by atoms with E-state index in [2.05, 4.69) is 40.2 Å². The molecule has 0 heterocycles. The van der Waals surface area contributed by atoms with Crippen LogP contribution in [0.2, 0.25) is 0 Å². The Morgan fingerprint density at radius 3 is 2.09 bits per heavy atom. The molecule has 3 amide bonds. The van der Waals surface area contributed by atoms with Crippen LogP contribution in [-0.2, 0) is 14.3 Å². The van der Waals surface area contributed by atoms with Gasteiger partial charge in [-0.05, 0) is 62.3 Å². The number of ether oxygens (including phenoxy) is 2. The first kappa shape index (κ1) is 26.1. The number of benzene rings is 2. The molecule has 8 heteroatoms. The zero-order valence-electron chi connectivity index (χ0n) is 20.9. The third-order valence-corrected chi connectivity index (χ3v) is 5.79. The molecule has 8 nitrogen and oxygen atoms in total. The fraction of sp³-hybridized carbons (Fsp3) is 0.444. The quantitative estimate of drug-likeness (QED) is 0.462. The Bertz CT molecular complexity index is 1000. The Hall–Kier alpha value is -3.55. The monoisotopic (exact) mass is 481 g/mol. The van der Waals surface area contributed by atoms with Crippen molar-refractivity contribution >= 4 is 18.1 Å². The molecule has 1 aliphatic rings. The lowest BCUT2D eigenvalue weighted by Crippen LogP contribution is -2.46. The Morgan fingerprint density at radius 2 is 1.51 bits per heavy atom. The summed E-state index contributed by atoms with van der Waals surface area (Å²) in [6.45, 7) is 6.00. The van der Waals surface area contributed by atoms with E-state index in [1.807, 2.05) is 24.3 Å². The van der Waals surface area contributed by atoms with Gasteiger partial charge in [-0.1, -0.05) is 48.5 Å². The highest BCUT2D eigenvalue weighted by atomic mass is 16.6. The fourth-order valence-corrected chi connectivity index (χ4v) is 4.20. The number of nitrogens with one attached hydrogen (secondary N) is 3. The van der Waals surface area contributed by atoms with E-state index in [1.165, 1.54) is 7.05 Å². The Morgan fingerprint density at radius 1 is 0.914 bits per heavy atom. The average Bonchev–Trinajstić information content (AvgIpc) is 3.14. The summed E-state index contributed by atoms with van der Waals surface area (Å²) >= 11 is 0. The summed E-state index contributed by atoms with van der Waals surface area (Å²) in [4.78, 5) is 36.6. The third kappa shape index (κ3) is 7.21. The van der Waals surface area contributed by atoms with E-state index < -0.39 is 23.8 Å². The maximum Gasteiger partial charge on any atom is 0.407 e. The van der Waals surface area contributed by atoms with E-state index in [9.17, 15) is 14.4 Å². The van der Waals surface area contributed by atoms with Crippen molar-refractivity contribution in [3.63, 3.8) is 0 Å². The Labute approximate surface area is 206 Å². The van der Waals surface area contributed by atoms with Crippen molar-refractivity contribution in [2.24, 2.45) is 0 Å². The van der Waals surface area contributed by atoms with Crippen LogP contribution < -0.4 is 16.0 Å². The number of amides is 3. The van der Waals surface area contributed by atoms with Crippen LogP contribution in [0, 0.1) is 0 Å². The molecule has 2 aromatic carbocycles. The Kier molecular flexibility index (Phi) is 8.73. The molecule has 3 rings (SSSR count). The molecule has 188 valence electrons. The summed E-state index contributed by atoms with van der Waals surface area (Å²) in [5.41, 5.74) is 4.01. The standard InChI is InChI=1S/C27H35N3O5/c1-27(2,3)35-25(32)29-16-10-9-15-23(24(31)28-4)30-26(33)34-17-22-20-13-7-5-11-18(20)19-12-6-8-14-21(19)22/h5-8,11-14,22-23H,9-10,15-17H2,1-4H3,(H,28,31)(H,29,32)(H,30,33). The van der Waals surface area contributed by atoms with E-state index in [1.54, 1.807) is 20.8 Å². The number of carbonyl (C=O) groups excluding carboxylic acids is 3. The highest BCUT2D eigenvalue weighted by Gasteiger charge is 2.29. The van der Waals surface area contributed by atoms with Crippen LogP contribution >= 0.6 is 0 Å². The normalized spacial score (nSPS) is 13.3. The molecule has 0 spiro atoms. The van der Waals surface area contributed by atoms with Gasteiger partial charge in [-0.25, -0.2) is 9.59 Å². The van der Waals surface area contributed by atoms with Crippen molar-refractivity contribution < 1.29 is 23.9 Å². The number of carbonyl (C=O) groups is 3. The predicted molar refractivity (Wildman–Crippen MR) is 134 cm³/mol. The molecule has 1 unspecified atom stereocenters. The molecule has 0 saturated carbocycles. The first-order valence-corrected chi connectivity index (χ1v) is 12.0. The third-order valence-electron chi connectivity index (χ3n) is 5.79. The SMILES string of the molecule is CNC(=O)C(CCCCNC(=O)OC(C)(C)C)NC(=O)OCC1c2ccccc2-c2ccccc21. The van der Waals surface area contributed by atoms with Gasteiger partial charge >= 0.3 is 12.2 Å². The first-order chi connectivity index (χ1) is 16.7. The molecular formula is C27H35N3O5. The van der Waals surface area contributed by atoms with Crippen molar-refractivity contribution in [1.29, 1.82) is 0 Å². The number of rotatable bonds is 9. The lowest BCUT2D eigenvalue weighted by atomic mass is 9.98. The fourth-order valence-electron chi connectivity index (χ4n) is 4.20. The number of alkyl carbamates (subject to hydrolysis) is 2. The zero-order chi connectivity index (χ0) is 25.4. The van der Waals surface area contributed by atoms with E-state index in [0.717, 1.165) is 22.3 Å². The van der Waals surface area contributed by atoms with Crippen molar-refractivity contribution in [3.8, 4) is 11.1 Å². The lowest BCUT2D eigenvalue weighted by molar-refractivity contribution is -0.122. The van der Waals surface area contributed by atoms with Crippen LogP contribution in [0.5, 0.6) is 0 Å². The summed E-state index contributed by atoms with van der Waals surface area (Å²) in [6.07, 6.45) is 0.570. The van der Waals surface area contributed by atoms with Gasteiger partial charge in [0.2, 0.25) is 5.91 Å². The number of unbranched alkanes of at least 4 members (excludes halogenated alkanes) is 1. The number of fused-ring (bicyclic) bond motifs is 3. The maximum atomic E-state index is 12.6. The molecule has 35 heavy (non-hydrogen) atoms. The van der Waals surface area contributed by atoms with Crippen LogP contribution in [0.4, 0.5) is 9.59 Å². The molecular weight excluding hydrogens is 446 g/mol. The van der Waals surface area contributed by atoms with Gasteiger partial charge in [0, 0.05) is 19.5 Å². The van der Waals surface area contributed by atoms with Crippen LogP contribution in [0.25, 0.3) is 11.1 Å². The van der Waals surface area contributed by atoms with Crippen molar-refractivity contribution in [2.45, 2.75) is 57.6 Å². The second-order valence-electron chi connectivity index (χ2n) is 9.56. The second kappa shape index (κ2) is 11.7. The van der Waals surface area contributed by atoms with E-state index >= 15 is 0 Å². The molecule has 0 radical (unpaired) electrons. The summed E-state index contributed by atoms with van der Waals surface area (Å²) in [7, 11) is 1.53. The number of likely N-dealkylation sites (N-methyl/N-ethyl adjacent to an activating group) is 1. The Balaban J connectivity index is 1.49. The minimum Gasteiger partial charge on any atom is -0.449 e. The molecule has 0 bridgehead atoms. The van der Waals surface area contributed by atoms with E-state index in [4.69, 9.17) is 9.47 Å². The van der Waals surface area contributed by atoms with Gasteiger partial charge in [-0.15, -0.1) is 0 Å². The highest BCUT2D eigenvalue weighted by Crippen LogP contribution is 2.44. The van der Waals surface area contributed by atoms with Gasteiger partial charge in [0.05, 0.1) is 0 Å². The molecule has 1 atom stereocenters. The molecule has 0 aromatic heterocycles. The van der Waals surface area contributed by atoms with Crippen molar-refractivity contribution in [3.05, 3.63) is 59.7 Å². The highest BCUT2D eigenvalue weighted by molar-refractivity contribution is 5.85. The maximum absolute atomic E-state index is 12.6. The van der Waals surface area contributed by atoms with Gasteiger partial charge in [0.25, 0.3) is 0 Å². The molecule has 0 fully saturated rings. The van der Waals surface area contributed by atoms with E-state index in [0.29, 0.717) is 25.8 Å². The van der Waals surface area contributed by atoms with Crippen LogP contribution in [0.3, 0.4) is 0 Å². The molecule has 0 aliphatic heterocycles.